The van der Waals surface area contributed by atoms with Crippen molar-refractivity contribution in [3.8, 4) is 5.75 Å². The Labute approximate surface area is 127 Å². The summed E-state index contributed by atoms with van der Waals surface area (Å²) in [6, 6.07) is 6.14. The molecule has 1 atom stereocenters. The lowest BCUT2D eigenvalue weighted by Crippen LogP contribution is -2.46. The van der Waals surface area contributed by atoms with E-state index < -0.39 is 6.04 Å². The molecule has 4 heteroatoms. The molecule has 21 heavy (non-hydrogen) atoms. The maximum atomic E-state index is 11.5. The largest absolute Gasteiger partial charge is 0.491 e. The lowest BCUT2D eigenvalue weighted by molar-refractivity contribution is -0.120. The van der Waals surface area contributed by atoms with Crippen LogP contribution in [0, 0.1) is 6.92 Å². The Hall–Kier alpha value is -1.55. The Balaban J connectivity index is 2.09. The van der Waals surface area contributed by atoms with Gasteiger partial charge in [0.15, 0.2) is 0 Å². The number of amides is 1. The van der Waals surface area contributed by atoms with Gasteiger partial charge in [0, 0.05) is 6.04 Å². The highest BCUT2D eigenvalue weighted by atomic mass is 16.5. The summed E-state index contributed by atoms with van der Waals surface area (Å²) in [5, 5.41) is 3.23. The predicted molar refractivity (Wildman–Crippen MR) is 84.5 cm³/mol. The maximum Gasteiger partial charge on any atom is 0.238 e. The molecule has 0 spiro atoms. The molecule has 1 aliphatic carbocycles. The normalized spacial score (nSPS) is 16.6. The van der Waals surface area contributed by atoms with Crippen molar-refractivity contribution in [3.05, 3.63) is 29.3 Å². The average Bonchev–Trinajstić information content (AvgIpc) is 3.18. The van der Waals surface area contributed by atoms with Crippen LogP contribution in [-0.4, -0.2) is 24.6 Å². The van der Waals surface area contributed by atoms with E-state index in [9.17, 15) is 4.79 Å². The molecular weight excluding hydrogens is 264 g/mol. The summed E-state index contributed by atoms with van der Waals surface area (Å²) < 4.78 is 5.91. The lowest BCUT2D eigenvalue weighted by Gasteiger charge is -2.24. The number of rotatable bonds is 6. The van der Waals surface area contributed by atoms with E-state index in [1.54, 1.807) is 0 Å². The van der Waals surface area contributed by atoms with Crippen LogP contribution in [0.3, 0.4) is 0 Å². The minimum absolute atomic E-state index is 0.00645. The van der Waals surface area contributed by atoms with Gasteiger partial charge in [0.25, 0.3) is 0 Å². The van der Waals surface area contributed by atoms with E-state index >= 15 is 0 Å². The topological polar surface area (TPSA) is 64.3 Å². The monoisotopic (exact) mass is 290 g/mol. The van der Waals surface area contributed by atoms with Crippen LogP contribution in [0.1, 0.15) is 44.7 Å². The van der Waals surface area contributed by atoms with Crippen LogP contribution < -0.4 is 15.8 Å². The van der Waals surface area contributed by atoms with E-state index in [0.29, 0.717) is 6.04 Å². The standard InChI is InChI=1S/C17H26N2O2/c1-11-5-8-15(13(9-11)17(2,3)4)21-10-14(16(18)20)19-12-6-7-12/h5,8-9,12,14,19H,6-7,10H2,1-4H3,(H2,18,20). The van der Waals surface area contributed by atoms with E-state index in [4.69, 9.17) is 10.5 Å². The molecule has 0 saturated heterocycles. The molecule has 1 amide bonds. The number of aryl methyl sites for hydroxylation is 1. The molecule has 1 aromatic carbocycles. The molecule has 0 bridgehead atoms. The molecule has 2 rings (SSSR count). The zero-order valence-electron chi connectivity index (χ0n) is 13.4. The van der Waals surface area contributed by atoms with Crippen LogP contribution in [0.5, 0.6) is 5.75 Å². The molecule has 4 nitrogen and oxygen atoms in total. The molecule has 1 aromatic rings. The molecule has 0 radical (unpaired) electrons. The Morgan fingerprint density at radius 1 is 1.43 bits per heavy atom. The van der Waals surface area contributed by atoms with Gasteiger partial charge in [-0.3, -0.25) is 4.79 Å². The fourth-order valence-electron chi connectivity index (χ4n) is 2.28. The highest BCUT2D eigenvalue weighted by Gasteiger charge is 2.28. The van der Waals surface area contributed by atoms with Crippen molar-refractivity contribution in [1.29, 1.82) is 0 Å². The average molecular weight is 290 g/mol. The second-order valence-electron chi connectivity index (χ2n) is 6.96. The third kappa shape index (κ3) is 4.46. The smallest absolute Gasteiger partial charge is 0.238 e. The molecule has 0 aliphatic heterocycles. The zero-order chi connectivity index (χ0) is 15.6. The van der Waals surface area contributed by atoms with Crippen LogP contribution in [0.2, 0.25) is 0 Å². The fourth-order valence-corrected chi connectivity index (χ4v) is 2.28. The van der Waals surface area contributed by atoms with Gasteiger partial charge in [-0.25, -0.2) is 0 Å². The molecule has 1 fully saturated rings. The van der Waals surface area contributed by atoms with E-state index in [0.717, 1.165) is 24.2 Å². The second-order valence-corrected chi connectivity index (χ2v) is 6.96. The molecule has 0 heterocycles. The van der Waals surface area contributed by atoms with Crippen molar-refractivity contribution in [3.63, 3.8) is 0 Å². The Morgan fingerprint density at radius 2 is 2.10 bits per heavy atom. The molecule has 3 N–H and O–H groups in total. The number of benzene rings is 1. The van der Waals surface area contributed by atoms with Gasteiger partial charge in [-0.2, -0.15) is 0 Å². The van der Waals surface area contributed by atoms with Crippen LogP contribution in [0.4, 0.5) is 0 Å². The number of primary amides is 1. The highest BCUT2D eigenvalue weighted by molar-refractivity contribution is 5.80. The molecule has 116 valence electrons. The number of carbonyl (C=O) groups excluding carboxylic acids is 1. The highest BCUT2D eigenvalue weighted by Crippen LogP contribution is 2.32. The van der Waals surface area contributed by atoms with Crippen molar-refractivity contribution in [2.75, 3.05) is 6.61 Å². The Bertz CT molecular complexity index is 516. The zero-order valence-corrected chi connectivity index (χ0v) is 13.4. The van der Waals surface area contributed by atoms with Gasteiger partial charge >= 0.3 is 0 Å². The van der Waals surface area contributed by atoms with Gasteiger partial charge in [0.05, 0.1) is 0 Å². The number of nitrogens with one attached hydrogen (secondary N) is 1. The van der Waals surface area contributed by atoms with Gasteiger partial charge in [-0.15, -0.1) is 0 Å². The van der Waals surface area contributed by atoms with Gasteiger partial charge < -0.3 is 15.8 Å². The van der Waals surface area contributed by atoms with Gasteiger partial charge in [-0.1, -0.05) is 38.5 Å². The van der Waals surface area contributed by atoms with E-state index in [1.165, 1.54) is 5.56 Å². The summed E-state index contributed by atoms with van der Waals surface area (Å²) in [5.41, 5.74) is 7.79. The number of hydrogen-bond acceptors (Lipinski definition) is 3. The summed E-state index contributed by atoms with van der Waals surface area (Å²) in [7, 11) is 0. The second kappa shape index (κ2) is 6.06. The molecule has 1 unspecified atom stereocenters. The maximum absolute atomic E-state index is 11.5. The fraction of sp³-hybridized carbons (Fsp3) is 0.588. The van der Waals surface area contributed by atoms with Gasteiger partial charge in [0.1, 0.15) is 18.4 Å². The number of carbonyl (C=O) groups is 1. The van der Waals surface area contributed by atoms with Crippen LogP contribution in [-0.2, 0) is 10.2 Å². The predicted octanol–water partition coefficient (Wildman–Crippen LogP) is 2.28. The summed E-state index contributed by atoms with van der Waals surface area (Å²) in [6.45, 7) is 8.81. The summed E-state index contributed by atoms with van der Waals surface area (Å²) in [4.78, 5) is 11.5. The third-order valence-corrected chi connectivity index (χ3v) is 3.71. The van der Waals surface area contributed by atoms with Crippen LogP contribution in [0.15, 0.2) is 18.2 Å². The number of hydrogen-bond donors (Lipinski definition) is 2. The lowest BCUT2D eigenvalue weighted by atomic mass is 9.85. The third-order valence-electron chi connectivity index (χ3n) is 3.71. The van der Waals surface area contributed by atoms with E-state index in [2.05, 4.69) is 39.1 Å². The van der Waals surface area contributed by atoms with E-state index in [1.807, 2.05) is 12.1 Å². The van der Waals surface area contributed by atoms with Gasteiger partial charge in [-0.05, 0) is 36.8 Å². The molecule has 1 saturated carbocycles. The van der Waals surface area contributed by atoms with Crippen LogP contribution >= 0.6 is 0 Å². The van der Waals surface area contributed by atoms with Crippen molar-refractivity contribution in [2.45, 2.75) is 58.0 Å². The minimum Gasteiger partial charge on any atom is -0.491 e. The Morgan fingerprint density at radius 3 is 2.62 bits per heavy atom. The minimum atomic E-state index is -0.424. The molecule has 0 aromatic heterocycles. The summed E-state index contributed by atoms with van der Waals surface area (Å²) in [6.07, 6.45) is 2.23. The first-order chi connectivity index (χ1) is 9.77. The first-order valence-corrected chi connectivity index (χ1v) is 7.56. The molecule has 1 aliphatic rings. The quantitative estimate of drug-likeness (QED) is 0.845. The van der Waals surface area contributed by atoms with Crippen molar-refractivity contribution in [1.82, 2.24) is 5.32 Å². The Kier molecular flexibility index (Phi) is 4.57. The first-order valence-electron chi connectivity index (χ1n) is 7.56. The molecular formula is C17H26N2O2. The summed E-state index contributed by atoms with van der Waals surface area (Å²) >= 11 is 0. The van der Waals surface area contributed by atoms with E-state index in [-0.39, 0.29) is 17.9 Å². The summed E-state index contributed by atoms with van der Waals surface area (Å²) in [5.74, 6) is 0.475. The van der Waals surface area contributed by atoms with Crippen molar-refractivity contribution < 1.29 is 9.53 Å². The SMILES string of the molecule is Cc1ccc(OCC(NC2CC2)C(N)=O)c(C(C)(C)C)c1. The van der Waals surface area contributed by atoms with Crippen molar-refractivity contribution in [2.24, 2.45) is 5.73 Å². The van der Waals surface area contributed by atoms with Crippen molar-refractivity contribution >= 4 is 5.91 Å². The number of nitrogens with two attached hydrogens (primary N) is 1. The first kappa shape index (κ1) is 15.8. The number of ether oxygens (including phenoxy) is 1. The van der Waals surface area contributed by atoms with Crippen LogP contribution in [0.25, 0.3) is 0 Å². The van der Waals surface area contributed by atoms with Gasteiger partial charge in [0.2, 0.25) is 5.91 Å².